The molecule has 1 aromatic carbocycles. The number of primary amides is 1. The molecular weight excluding hydrogens is 285 g/mol. The normalized spacial score (nSPS) is 12.1. The molecular formula is C13H15F3N4O. The molecule has 1 amide bonds. The molecule has 0 aliphatic carbocycles. The van der Waals surface area contributed by atoms with Crippen molar-refractivity contribution in [1.82, 2.24) is 5.32 Å². The number of nitrogens with two attached hydrogens (primary N) is 2. The molecule has 114 valence electrons. The maximum atomic E-state index is 12.4. The molecule has 1 aromatic rings. The van der Waals surface area contributed by atoms with E-state index in [1.807, 2.05) is 0 Å². The molecule has 0 aromatic heterocycles. The van der Waals surface area contributed by atoms with E-state index in [1.54, 1.807) is 6.92 Å². The number of alkyl halides is 3. The van der Waals surface area contributed by atoms with Gasteiger partial charge in [0.2, 0.25) is 5.91 Å². The number of halogens is 3. The van der Waals surface area contributed by atoms with Gasteiger partial charge in [0.25, 0.3) is 0 Å². The molecule has 0 saturated heterocycles. The second kappa shape index (κ2) is 6.29. The molecule has 0 bridgehead atoms. The second-order valence-electron chi connectivity index (χ2n) is 4.17. The lowest BCUT2D eigenvalue weighted by Crippen LogP contribution is -2.22. The van der Waals surface area contributed by atoms with Crippen LogP contribution >= 0.6 is 0 Å². The summed E-state index contributed by atoms with van der Waals surface area (Å²) in [5, 5.41) is 9.74. The van der Waals surface area contributed by atoms with Gasteiger partial charge in [-0.05, 0) is 25.1 Å². The summed E-state index contributed by atoms with van der Waals surface area (Å²) in [5.41, 5.74) is 9.88. The minimum Gasteiger partial charge on any atom is -0.398 e. The van der Waals surface area contributed by atoms with Crippen molar-refractivity contribution >= 4 is 23.0 Å². The first-order valence-corrected chi connectivity index (χ1v) is 5.97. The standard InChI is InChI=1S/C13H15F3N4O/c1-2-20-10(6-11(18)13(14,15)16)8-4-3-7(12(19)21)5-9(8)17/h3-6,18,20H,2,17H2,1H3,(H2,19,21)/b10-6-,18-11?. The molecule has 0 aliphatic rings. The number of carbonyl (C=O) groups excluding carboxylic acids is 1. The third-order valence-electron chi connectivity index (χ3n) is 2.59. The van der Waals surface area contributed by atoms with Crippen LogP contribution in [0.5, 0.6) is 0 Å². The number of hydrogen-bond acceptors (Lipinski definition) is 4. The van der Waals surface area contributed by atoms with E-state index in [2.05, 4.69) is 5.32 Å². The summed E-state index contributed by atoms with van der Waals surface area (Å²) in [5.74, 6) is -0.690. The van der Waals surface area contributed by atoms with Crippen LogP contribution in [0, 0.1) is 5.41 Å². The lowest BCUT2D eigenvalue weighted by Gasteiger charge is -2.14. The van der Waals surface area contributed by atoms with Gasteiger partial charge in [0, 0.05) is 29.1 Å². The second-order valence-corrected chi connectivity index (χ2v) is 4.17. The summed E-state index contributed by atoms with van der Waals surface area (Å²) >= 11 is 0. The zero-order chi connectivity index (χ0) is 16.2. The van der Waals surface area contributed by atoms with E-state index >= 15 is 0 Å². The Hall–Kier alpha value is -2.51. The first kappa shape index (κ1) is 16.5. The van der Waals surface area contributed by atoms with Gasteiger partial charge in [-0.1, -0.05) is 6.07 Å². The summed E-state index contributed by atoms with van der Waals surface area (Å²) in [4.78, 5) is 11.0. The average Bonchev–Trinajstić information content (AvgIpc) is 2.36. The molecule has 5 nitrogen and oxygen atoms in total. The number of carbonyl (C=O) groups is 1. The summed E-state index contributed by atoms with van der Waals surface area (Å²) in [6.45, 7) is 2.03. The first-order valence-electron chi connectivity index (χ1n) is 5.97. The Balaban J connectivity index is 3.27. The van der Waals surface area contributed by atoms with Crippen molar-refractivity contribution in [2.75, 3.05) is 12.3 Å². The fraction of sp³-hybridized carbons (Fsp3) is 0.231. The lowest BCUT2D eigenvalue weighted by atomic mass is 10.0. The molecule has 21 heavy (non-hydrogen) atoms. The van der Waals surface area contributed by atoms with Gasteiger partial charge in [0.15, 0.2) is 0 Å². The van der Waals surface area contributed by atoms with Crippen molar-refractivity contribution in [2.45, 2.75) is 13.1 Å². The molecule has 0 heterocycles. The van der Waals surface area contributed by atoms with Gasteiger partial charge < -0.3 is 16.8 Å². The highest BCUT2D eigenvalue weighted by Gasteiger charge is 2.33. The van der Waals surface area contributed by atoms with Gasteiger partial charge in [-0.15, -0.1) is 0 Å². The number of nitrogen functional groups attached to an aromatic ring is 1. The Morgan fingerprint density at radius 2 is 2.05 bits per heavy atom. The zero-order valence-corrected chi connectivity index (χ0v) is 11.2. The molecule has 6 N–H and O–H groups in total. The summed E-state index contributed by atoms with van der Waals surface area (Å²) in [7, 11) is 0. The molecule has 0 unspecified atom stereocenters. The summed E-state index contributed by atoms with van der Waals surface area (Å²) in [6, 6.07) is 4.02. The molecule has 0 atom stereocenters. The van der Waals surface area contributed by atoms with Crippen molar-refractivity contribution in [1.29, 1.82) is 5.41 Å². The van der Waals surface area contributed by atoms with E-state index < -0.39 is 17.8 Å². The average molecular weight is 300 g/mol. The van der Waals surface area contributed by atoms with Crippen LogP contribution in [0.3, 0.4) is 0 Å². The topological polar surface area (TPSA) is 105 Å². The van der Waals surface area contributed by atoms with E-state index in [9.17, 15) is 18.0 Å². The predicted octanol–water partition coefficient (Wildman–Crippen LogP) is 1.90. The van der Waals surface area contributed by atoms with Crippen LogP contribution in [0.25, 0.3) is 5.70 Å². The van der Waals surface area contributed by atoms with Gasteiger partial charge in [0.1, 0.15) is 5.71 Å². The number of amides is 1. The van der Waals surface area contributed by atoms with Crippen LogP contribution in [-0.4, -0.2) is 24.3 Å². The molecule has 0 aliphatic heterocycles. The maximum absolute atomic E-state index is 12.4. The minimum absolute atomic E-state index is 0.0494. The number of anilines is 1. The lowest BCUT2D eigenvalue weighted by molar-refractivity contribution is -0.0584. The molecule has 0 saturated carbocycles. The van der Waals surface area contributed by atoms with E-state index in [-0.39, 0.29) is 22.5 Å². The molecule has 0 spiro atoms. The van der Waals surface area contributed by atoms with Gasteiger partial charge in [-0.2, -0.15) is 13.2 Å². The van der Waals surface area contributed by atoms with E-state index in [0.29, 0.717) is 12.6 Å². The van der Waals surface area contributed by atoms with Crippen LogP contribution in [0.1, 0.15) is 22.8 Å². The number of nitrogens with one attached hydrogen (secondary N) is 2. The third-order valence-corrected chi connectivity index (χ3v) is 2.59. The van der Waals surface area contributed by atoms with Crippen molar-refractivity contribution in [3.05, 3.63) is 35.4 Å². The van der Waals surface area contributed by atoms with E-state index in [0.717, 1.165) is 0 Å². The largest absolute Gasteiger partial charge is 0.432 e. The fourth-order valence-electron chi connectivity index (χ4n) is 1.60. The SMILES string of the molecule is CCN/C(=C\C(=N)C(F)(F)F)c1ccc(C(N)=O)cc1N. The zero-order valence-electron chi connectivity index (χ0n) is 11.2. The highest BCUT2D eigenvalue weighted by molar-refractivity contribution is 6.03. The Labute approximate surface area is 119 Å². The third kappa shape index (κ3) is 4.23. The van der Waals surface area contributed by atoms with Gasteiger partial charge in [-0.25, -0.2) is 0 Å². The van der Waals surface area contributed by atoms with Crippen LogP contribution in [0.2, 0.25) is 0 Å². The fourth-order valence-corrected chi connectivity index (χ4v) is 1.60. The van der Waals surface area contributed by atoms with Gasteiger partial charge in [-0.3, -0.25) is 10.2 Å². The highest BCUT2D eigenvalue weighted by atomic mass is 19.4. The Morgan fingerprint density at radius 1 is 1.43 bits per heavy atom. The Kier molecular flexibility index (Phi) is 4.96. The predicted molar refractivity (Wildman–Crippen MR) is 74.8 cm³/mol. The smallest absolute Gasteiger partial charge is 0.398 e. The molecule has 8 heteroatoms. The molecule has 0 fully saturated rings. The molecule has 1 rings (SSSR count). The number of allylic oxidation sites excluding steroid dienone is 1. The van der Waals surface area contributed by atoms with Crippen molar-refractivity contribution in [2.24, 2.45) is 5.73 Å². The minimum atomic E-state index is -4.75. The van der Waals surface area contributed by atoms with Crippen LogP contribution in [0.15, 0.2) is 24.3 Å². The van der Waals surface area contributed by atoms with Crippen LogP contribution in [-0.2, 0) is 0 Å². The highest BCUT2D eigenvalue weighted by Crippen LogP contribution is 2.24. The van der Waals surface area contributed by atoms with E-state index in [1.165, 1.54) is 18.2 Å². The molecule has 0 radical (unpaired) electrons. The quantitative estimate of drug-likeness (QED) is 0.493. The number of rotatable bonds is 5. The maximum Gasteiger partial charge on any atom is 0.432 e. The van der Waals surface area contributed by atoms with Gasteiger partial charge in [0.05, 0.1) is 0 Å². The van der Waals surface area contributed by atoms with E-state index in [4.69, 9.17) is 16.9 Å². The monoisotopic (exact) mass is 300 g/mol. The summed E-state index contributed by atoms with van der Waals surface area (Å²) in [6.07, 6.45) is -4.10. The van der Waals surface area contributed by atoms with Crippen LogP contribution < -0.4 is 16.8 Å². The van der Waals surface area contributed by atoms with Gasteiger partial charge >= 0.3 is 6.18 Å². The Bertz CT molecular complexity index is 594. The van der Waals surface area contributed by atoms with Crippen molar-refractivity contribution < 1.29 is 18.0 Å². The van der Waals surface area contributed by atoms with Crippen LogP contribution in [0.4, 0.5) is 18.9 Å². The Morgan fingerprint density at radius 3 is 2.48 bits per heavy atom. The van der Waals surface area contributed by atoms with Crippen molar-refractivity contribution in [3.8, 4) is 0 Å². The number of hydrogen-bond donors (Lipinski definition) is 4. The van der Waals surface area contributed by atoms with Crippen molar-refractivity contribution in [3.63, 3.8) is 0 Å². The summed E-state index contributed by atoms with van der Waals surface area (Å²) < 4.78 is 37.3. The number of benzene rings is 1. The first-order chi connectivity index (χ1) is 9.66.